The lowest BCUT2D eigenvalue weighted by Crippen LogP contribution is -2.52. The van der Waals surface area contributed by atoms with Crippen molar-refractivity contribution >= 4 is 35.1 Å². The van der Waals surface area contributed by atoms with Crippen molar-refractivity contribution < 1.29 is 18.8 Å². The van der Waals surface area contributed by atoms with Crippen molar-refractivity contribution in [2.45, 2.75) is 13.3 Å². The van der Waals surface area contributed by atoms with Gasteiger partial charge in [-0.25, -0.2) is 9.18 Å². The fourth-order valence-electron chi connectivity index (χ4n) is 3.29. The van der Waals surface area contributed by atoms with Crippen LogP contribution in [0.3, 0.4) is 0 Å². The maximum absolute atomic E-state index is 13.1. The molecule has 0 aromatic heterocycles. The normalized spacial score (nSPS) is 13.6. The Morgan fingerprint density at radius 1 is 1.03 bits per heavy atom. The number of aryl methyl sites for hydroxylation is 1. The second kappa shape index (κ2) is 10.3. The SMILES string of the molecule is Cc1cccc(NC(=O)N2CCN(C(=O)CCNC(=O)c3ccc(F)cc3Cl)CC2)c1. The van der Waals surface area contributed by atoms with E-state index in [0.29, 0.717) is 26.2 Å². The third-order valence-electron chi connectivity index (χ3n) is 4.99. The van der Waals surface area contributed by atoms with Crippen LogP contribution in [0.2, 0.25) is 5.02 Å². The molecule has 0 spiro atoms. The van der Waals surface area contributed by atoms with Gasteiger partial charge in [0.15, 0.2) is 0 Å². The number of anilines is 1. The minimum Gasteiger partial charge on any atom is -0.351 e. The van der Waals surface area contributed by atoms with E-state index in [1.165, 1.54) is 6.07 Å². The van der Waals surface area contributed by atoms with Gasteiger partial charge in [0, 0.05) is 44.8 Å². The fourth-order valence-corrected chi connectivity index (χ4v) is 3.55. The smallest absolute Gasteiger partial charge is 0.321 e. The molecule has 0 bridgehead atoms. The second-order valence-corrected chi connectivity index (χ2v) is 7.70. The minimum absolute atomic E-state index is 0.0175. The van der Waals surface area contributed by atoms with Gasteiger partial charge in [-0.2, -0.15) is 0 Å². The molecule has 7 nitrogen and oxygen atoms in total. The van der Waals surface area contributed by atoms with Crippen molar-refractivity contribution in [1.82, 2.24) is 15.1 Å². The molecule has 2 aromatic rings. The van der Waals surface area contributed by atoms with E-state index in [2.05, 4.69) is 10.6 Å². The lowest BCUT2D eigenvalue weighted by Gasteiger charge is -2.34. The number of halogens is 2. The first-order chi connectivity index (χ1) is 14.8. The molecule has 0 aliphatic carbocycles. The molecule has 0 radical (unpaired) electrons. The van der Waals surface area contributed by atoms with Gasteiger partial charge in [-0.1, -0.05) is 23.7 Å². The maximum Gasteiger partial charge on any atom is 0.321 e. The molecule has 0 saturated carbocycles. The molecule has 31 heavy (non-hydrogen) atoms. The van der Waals surface area contributed by atoms with Gasteiger partial charge in [0.25, 0.3) is 5.91 Å². The molecule has 1 heterocycles. The van der Waals surface area contributed by atoms with Crippen molar-refractivity contribution in [2.24, 2.45) is 0 Å². The van der Waals surface area contributed by atoms with Crippen LogP contribution < -0.4 is 10.6 Å². The number of benzene rings is 2. The van der Waals surface area contributed by atoms with E-state index in [1.54, 1.807) is 9.80 Å². The largest absolute Gasteiger partial charge is 0.351 e. The van der Waals surface area contributed by atoms with Gasteiger partial charge < -0.3 is 20.4 Å². The maximum atomic E-state index is 13.1. The van der Waals surface area contributed by atoms with E-state index >= 15 is 0 Å². The minimum atomic E-state index is -0.525. The van der Waals surface area contributed by atoms with Gasteiger partial charge in [0.2, 0.25) is 5.91 Å². The summed E-state index contributed by atoms with van der Waals surface area (Å²) in [4.78, 5) is 40.3. The van der Waals surface area contributed by atoms with E-state index in [1.807, 2.05) is 31.2 Å². The average Bonchev–Trinajstić information content (AvgIpc) is 2.73. The van der Waals surface area contributed by atoms with Gasteiger partial charge in [-0.3, -0.25) is 9.59 Å². The molecule has 0 unspecified atom stereocenters. The van der Waals surface area contributed by atoms with Crippen molar-refractivity contribution in [2.75, 3.05) is 38.0 Å². The summed E-state index contributed by atoms with van der Waals surface area (Å²) in [6, 6.07) is 10.9. The molecule has 4 amide bonds. The molecule has 2 aromatic carbocycles. The fraction of sp³-hybridized carbons (Fsp3) is 0.318. The van der Waals surface area contributed by atoms with Crippen molar-refractivity contribution in [3.8, 4) is 0 Å². The van der Waals surface area contributed by atoms with Crippen LogP contribution in [0.5, 0.6) is 0 Å². The molecular formula is C22H24ClFN4O3. The van der Waals surface area contributed by atoms with Gasteiger partial charge in [-0.05, 0) is 42.8 Å². The number of piperazine rings is 1. The van der Waals surface area contributed by atoms with Gasteiger partial charge in [0.05, 0.1) is 10.6 Å². The number of carbonyl (C=O) groups is 3. The summed E-state index contributed by atoms with van der Waals surface area (Å²) < 4.78 is 13.1. The lowest BCUT2D eigenvalue weighted by atomic mass is 10.2. The van der Waals surface area contributed by atoms with Crippen LogP contribution >= 0.6 is 11.6 Å². The Hall–Kier alpha value is -3.13. The molecule has 1 saturated heterocycles. The Kier molecular flexibility index (Phi) is 7.46. The Morgan fingerprint density at radius 3 is 2.42 bits per heavy atom. The zero-order valence-electron chi connectivity index (χ0n) is 17.2. The Labute approximate surface area is 185 Å². The summed E-state index contributed by atoms with van der Waals surface area (Å²) in [6.07, 6.45) is 0.125. The summed E-state index contributed by atoms with van der Waals surface area (Å²) in [5.74, 6) is -1.09. The second-order valence-electron chi connectivity index (χ2n) is 7.30. The van der Waals surface area contributed by atoms with Crippen molar-refractivity contribution in [3.63, 3.8) is 0 Å². The highest BCUT2D eigenvalue weighted by molar-refractivity contribution is 6.33. The van der Waals surface area contributed by atoms with E-state index < -0.39 is 11.7 Å². The number of amides is 4. The van der Waals surface area contributed by atoms with Gasteiger partial charge in [-0.15, -0.1) is 0 Å². The average molecular weight is 447 g/mol. The Morgan fingerprint density at radius 2 is 1.74 bits per heavy atom. The molecule has 1 aliphatic rings. The number of nitrogens with one attached hydrogen (secondary N) is 2. The highest BCUT2D eigenvalue weighted by Crippen LogP contribution is 2.17. The van der Waals surface area contributed by atoms with Gasteiger partial charge >= 0.3 is 6.03 Å². The van der Waals surface area contributed by atoms with Crippen LogP contribution in [0.4, 0.5) is 14.9 Å². The van der Waals surface area contributed by atoms with Crippen LogP contribution in [0.1, 0.15) is 22.3 Å². The molecule has 2 N–H and O–H groups in total. The first-order valence-corrected chi connectivity index (χ1v) is 10.3. The van der Waals surface area contributed by atoms with E-state index in [-0.39, 0.29) is 35.5 Å². The quantitative estimate of drug-likeness (QED) is 0.739. The number of hydrogen-bond donors (Lipinski definition) is 2. The summed E-state index contributed by atoms with van der Waals surface area (Å²) in [5, 5.41) is 5.51. The van der Waals surface area contributed by atoms with Crippen LogP contribution in [-0.4, -0.2) is 60.4 Å². The van der Waals surface area contributed by atoms with E-state index in [0.717, 1.165) is 23.4 Å². The zero-order chi connectivity index (χ0) is 22.4. The van der Waals surface area contributed by atoms with Crippen LogP contribution in [0.25, 0.3) is 0 Å². The first-order valence-electron chi connectivity index (χ1n) is 9.97. The highest BCUT2D eigenvalue weighted by atomic mass is 35.5. The predicted molar refractivity (Wildman–Crippen MR) is 117 cm³/mol. The topological polar surface area (TPSA) is 81.8 Å². The third kappa shape index (κ3) is 6.18. The summed E-state index contributed by atoms with van der Waals surface area (Å²) in [6.45, 7) is 3.81. The monoisotopic (exact) mass is 446 g/mol. The summed E-state index contributed by atoms with van der Waals surface area (Å²) >= 11 is 5.87. The van der Waals surface area contributed by atoms with Crippen molar-refractivity contribution in [1.29, 1.82) is 0 Å². The number of hydrogen-bond acceptors (Lipinski definition) is 3. The summed E-state index contributed by atoms with van der Waals surface area (Å²) in [7, 11) is 0. The lowest BCUT2D eigenvalue weighted by molar-refractivity contribution is -0.132. The highest BCUT2D eigenvalue weighted by Gasteiger charge is 2.24. The third-order valence-corrected chi connectivity index (χ3v) is 5.30. The number of urea groups is 1. The van der Waals surface area contributed by atoms with Crippen LogP contribution in [0, 0.1) is 12.7 Å². The molecule has 164 valence electrons. The molecule has 1 aliphatic heterocycles. The first kappa shape index (κ1) is 22.6. The van der Waals surface area contributed by atoms with Crippen LogP contribution in [0.15, 0.2) is 42.5 Å². The number of rotatable bonds is 5. The molecule has 1 fully saturated rings. The Balaban J connectivity index is 1.40. The van der Waals surface area contributed by atoms with Crippen LogP contribution in [-0.2, 0) is 4.79 Å². The van der Waals surface area contributed by atoms with Gasteiger partial charge in [0.1, 0.15) is 5.82 Å². The van der Waals surface area contributed by atoms with E-state index in [4.69, 9.17) is 11.6 Å². The molecule has 9 heteroatoms. The molecule has 0 atom stereocenters. The predicted octanol–water partition coefficient (Wildman–Crippen LogP) is 3.28. The van der Waals surface area contributed by atoms with E-state index in [9.17, 15) is 18.8 Å². The molecular weight excluding hydrogens is 423 g/mol. The zero-order valence-corrected chi connectivity index (χ0v) is 17.9. The number of carbonyl (C=O) groups excluding carboxylic acids is 3. The summed E-state index contributed by atoms with van der Waals surface area (Å²) in [5.41, 5.74) is 1.95. The number of nitrogens with zero attached hydrogens (tertiary/aromatic N) is 2. The molecule has 3 rings (SSSR count). The standard InChI is InChI=1S/C22H24ClFN4O3/c1-15-3-2-4-17(13-15)26-22(31)28-11-9-27(10-12-28)20(29)7-8-25-21(30)18-6-5-16(24)14-19(18)23/h2-6,13-14H,7-12H2,1H3,(H,25,30)(H,26,31). The van der Waals surface area contributed by atoms with Crippen molar-refractivity contribution in [3.05, 3.63) is 64.4 Å². The Bertz CT molecular complexity index is 977.